The van der Waals surface area contributed by atoms with Crippen molar-refractivity contribution >= 4 is 35.0 Å². The molecule has 1 atom stereocenters. The molecule has 0 spiro atoms. The van der Waals surface area contributed by atoms with E-state index in [-0.39, 0.29) is 28.5 Å². The van der Waals surface area contributed by atoms with E-state index in [0.29, 0.717) is 5.75 Å². The Morgan fingerprint density at radius 1 is 1.11 bits per heavy atom. The number of carbonyl (C=O) groups excluding carboxylic acids is 2. The standard InChI is InChI=1S/C23H26N2O2S/c1-23(2,3)17-9-11-19(12-10-17)25-20(26)14-28-22(25)16-5-4-6-18(13-16)24-21(27)15-7-8-15/h4-6,9-13,15,22H,7-8,14H2,1-3H3,(H,24,27)/t22-/m1/s1. The molecule has 146 valence electrons. The van der Waals surface area contributed by atoms with Crippen LogP contribution in [0.4, 0.5) is 11.4 Å². The molecule has 0 unspecified atom stereocenters. The minimum Gasteiger partial charge on any atom is -0.326 e. The molecule has 2 aliphatic rings. The second-order valence-corrected chi connectivity index (χ2v) is 9.68. The molecule has 1 saturated heterocycles. The largest absolute Gasteiger partial charge is 0.326 e. The van der Waals surface area contributed by atoms with Crippen LogP contribution in [0.1, 0.15) is 50.1 Å². The molecule has 2 aromatic rings. The van der Waals surface area contributed by atoms with Gasteiger partial charge in [-0.1, -0.05) is 45.0 Å². The van der Waals surface area contributed by atoms with Gasteiger partial charge in [-0.3, -0.25) is 14.5 Å². The normalized spacial score (nSPS) is 19.8. The summed E-state index contributed by atoms with van der Waals surface area (Å²) in [5.74, 6) is 0.849. The van der Waals surface area contributed by atoms with Crippen molar-refractivity contribution in [3.8, 4) is 0 Å². The third-order valence-corrected chi connectivity index (χ3v) is 6.48. The number of hydrogen-bond acceptors (Lipinski definition) is 3. The SMILES string of the molecule is CC(C)(C)c1ccc(N2C(=O)CS[C@@H]2c2cccc(NC(=O)C3CC3)c2)cc1. The Kier molecular flexibility index (Phi) is 4.96. The third-order valence-electron chi connectivity index (χ3n) is 5.27. The van der Waals surface area contributed by atoms with E-state index in [1.807, 2.05) is 41.3 Å². The van der Waals surface area contributed by atoms with Gasteiger partial charge >= 0.3 is 0 Å². The van der Waals surface area contributed by atoms with Gasteiger partial charge in [0, 0.05) is 17.3 Å². The average molecular weight is 395 g/mol. The number of thioether (sulfide) groups is 1. The summed E-state index contributed by atoms with van der Waals surface area (Å²) < 4.78 is 0. The lowest BCUT2D eigenvalue weighted by atomic mass is 9.87. The maximum Gasteiger partial charge on any atom is 0.238 e. The summed E-state index contributed by atoms with van der Waals surface area (Å²) in [5, 5.41) is 2.93. The number of nitrogens with one attached hydrogen (secondary N) is 1. The number of benzene rings is 2. The lowest BCUT2D eigenvalue weighted by molar-refractivity contribution is -0.117. The Balaban J connectivity index is 1.58. The van der Waals surface area contributed by atoms with Gasteiger partial charge in [0.1, 0.15) is 5.37 Å². The van der Waals surface area contributed by atoms with E-state index in [9.17, 15) is 9.59 Å². The Morgan fingerprint density at radius 2 is 1.82 bits per heavy atom. The summed E-state index contributed by atoms with van der Waals surface area (Å²) in [6.07, 6.45) is 1.97. The average Bonchev–Trinajstić information content (AvgIpc) is 3.44. The predicted octanol–water partition coefficient (Wildman–Crippen LogP) is 5.11. The van der Waals surface area contributed by atoms with Crippen LogP contribution in [0.2, 0.25) is 0 Å². The van der Waals surface area contributed by atoms with E-state index in [1.165, 1.54) is 5.56 Å². The zero-order valence-electron chi connectivity index (χ0n) is 16.6. The van der Waals surface area contributed by atoms with Gasteiger partial charge in [-0.25, -0.2) is 0 Å². The second kappa shape index (κ2) is 7.28. The Bertz CT molecular complexity index is 898. The van der Waals surface area contributed by atoms with Crippen LogP contribution in [0.5, 0.6) is 0 Å². The zero-order chi connectivity index (χ0) is 19.9. The Morgan fingerprint density at radius 3 is 2.46 bits per heavy atom. The molecule has 1 aliphatic carbocycles. The quantitative estimate of drug-likeness (QED) is 0.784. The van der Waals surface area contributed by atoms with Crippen molar-refractivity contribution in [2.45, 2.75) is 44.4 Å². The maximum absolute atomic E-state index is 12.6. The summed E-state index contributed by atoms with van der Waals surface area (Å²) in [4.78, 5) is 26.6. The van der Waals surface area contributed by atoms with E-state index >= 15 is 0 Å². The molecule has 4 rings (SSSR count). The Labute approximate surface area is 170 Å². The molecule has 0 radical (unpaired) electrons. The molecule has 4 nitrogen and oxygen atoms in total. The Hall–Kier alpha value is -2.27. The fourth-order valence-corrected chi connectivity index (χ4v) is 4.60. The first-order valence-electron chi connectivity index (χ1n) is 9.78. The minimum atomic E-state index is -0.0780. The molecule has 1 N–H and O–H groups in total. The number of anilines is 2. The number of rotatable bonds is 4. The second-order valence-electron chi connectivity index (χ2n) is 8.61. The summed E-state index contributed by atoms with van der Waals surface area (Å²) in [5.41, 5.74) is 4.08. The van der Waals surface area contributed by atoms with Crippen LogP contribution in [-0.4, -0.2) is 17.6 Å². The first kappa shape index (κ1) is 19.1. The topological polar surface area (TPSA) is 49.4 Å². The predicted molar refractivity (Wildman–Crippen MR) is 116 cm³/mol. The summed E-state index contributed by atoms with van der Waals surface area (Å²) in [6.45, 7) is 6.55. The highest BCUT2D eigenvalue weighted by Gasteiger charge is 2.34. The van der Waals surface area contributed by atoms with Gasteiger partial charge in [0.2, 0.25) is 11.8 Å². The van der Waals surface area contributed by atoms with Crippen molar-refractivity contribution in [3.05, 3.63) is 59.7 Å². The molecular formula is C23H26N2O2S. The van der Waals surface area contributed by atoms with Crippen molar-refractivity contribution in [3.63, 3.8) is 0 Å². The molecular weight excluding hydrogens is 368 g/mol. The van der Waals surface area contributed by atoms with Crippen LogP contribution in [0.25, 0.3) is 0 Å². The lowest BCUT2D eigenvalue weighted by Crippen LogP contribution is -2.28. The molecule has 2 fully saturated rings. The molecule has 0 aromatic heterocycles. The molecule has 2 aromatic carbocycles. The highest BCUT2D eigenvalue weighted by Crippen LogP contribution is 2.42. The van der Waals surface area contributed by atoms with Gasteiger partial charge in [-0.2, -0.15) is 0 Å². The first-order valence-corrected chi connectivity index (χ1v) is 10.8. The highest BCUT2D eigenvalue weighted by molar-refractivity contribution is 8.00. The van der Waals surface area contributed by atoms with E-state index in [4.69, 9.17) is 0 Å². The lowest BCUT2D eigenvalue weighted by Gasteiger charge is -2.26. The summed E-state index contributed by atoms with van der Waals surface area (Å²) in [7, 11) is 0. The monoisotopic (exact) mass is 394 g/mol. The van der Waals surface area contributed by atoms with Crippen LogP contribution < -0.4 is 10.2 Å². The first-order chi connectivity index (χ1) is 13.3. The van der Waals surface area contributed by atoms with Crippen LogP contribution in [0, 0.1) is 5.92 Å². The highest BCUT2D eigenvalue weighted by atomic mass is 32.2. The molecule has 1 heterocycles. The number of nitrogens with zero attached hydrogens (tertiary/aromatic N) is 1. The van der Waals surface area contributed by atoms with Gasteiger partial charge in [0.05, 0.1) is 5.75 Å². The zero-order valence-corrected chi connectivity index (χ0v) is 17.4. The number of hydrogen-bond donors (Lipinski definition) is 1. The van der Waals surface area contributed by atoms with E-state index in [0.717, 1.165) is 29.8 Å². The van der Waals surface area contributed by atoms with E-state index in [2.05, 4.69) is 38.2 Å². The van der Waals surface area contributed by atoms with Crippen molar-refractivity contribution < 1.29 is 9.59 Å². The van der Waals surface area contributed by atoms with Crippen LogP contribution in [0.15, 0.2) is 48.5 Å². The van der Waals surface area contributed by atoms with Crippen molar-refractivity contribution in [1.82, 2.24) is 0 Å². The summed E-state index contributed by atoms with van der Waals surface area (Å²) in [6, 6.07) is 16.2. The fourth-order valence-electron chi connectivity index (χ4n) is 3.43. The van der Waals surface area contributed by atoms with Gasteiger partial charge in [0.15, 0.2) is 0 Å². The van der Waals surface area contributed by atoms with Crippen LogP contribution >= 0.6 is 11.8 Å². The van der Waals surface area contributed by atoms with Crippen molar-refractivity contribution in [2.75, 3.05) is 16.0 Å². The third kappa shape index (κ3) is 3.95. The van der Waals surface area contributed by atoms with Gasteiger partial charge in [-0.05, 0) is 53.6 Å². The van der Waals surface area contributed by atoms with Gasteiger partial charge in [0.25, 0.3) is 0 Å². The van der Waals surface area contributed by atoms with Crippen molar-refractivity contribution in [1.29, 1.82) is 0 Å². The smallest absolute Gasteiger partial charge is 0.238 e. The molecule has 5 heteroatoms. The minimum absolute atomic E-state index is 0.0780. The molecule has 28 heavy (non-hydrogen) atoms. The van der Waals surface area contributed by atoms with Crippen LogP contribution in [-0.2, 0) is 15.0 Å². The van der Waals surface area contributed by atoms with E-state index in [1.54, 1.807) is 11.8 Å². The maximum atomic E-state index is 12.6. The van der Waals surface area contributed by atoms with Gasteiger partial charge in [-0.15, -0.1) is 11.8 Å². The van der Waals surface area contributed by atoms with Crippen molar-refractivity contribution in [2.24, 2.45) is 5.92 Å². The van der Waals surface area contributed by atoms with Gasteiger partial charge < -0.3 is 5.32 Å². The van der Waals surface area contributed by atoms with E-state index < -0.39 is 0 Å². The molecule has 2 amide bonds. The molecule has 1 aliphatic heterocycles. The molecule has 1 saturated carbocycles. The van der Waals surface area contributed by atoms with Crippen LogP contribution in [0.3, 0.4) is 0 Å². The summed E-state index contributed by atoms with van der Waals surface area (Å²) >= 11 is 1.63. The molecule has 0 bridgehead atoms. The number of carbonyl (C=O) groups is 2. The fraction of sp³-hybridized carbons (Fsp3) is 0.391. The number of amides is 2.